The van der Waals surface area contributed by atoms with Crippen molar-refractivity contribution in [3.05, 3.63) is 83.9 Å². The Morgan fingerprint density at radius 1 is 0.973 bits per heavy atom. The van der Waals surface area contributed by atoms with Gasteiger partial charge in [-0.05, 0) is 67.3 Å². The van der Waals surface area contributed by atoms with Crippen LogP contribution in [0.2, 0.25) is 0 Å². The number of para-hydroxylation sites is 1. The molecule has 1 aliphatic heterocycles. The zero-order valence-corrected chi connectivity index (χ0v) is 21.8. The summed E-state index contributed by atoms with van der Waals surface area (Å²) in [5.74, 6) is -0.199. The van der Waals surface area contributed by atoms with E-state index < -0.39 is 22.5 Å². The molecule has 0 radical (unpaired) electrons. The van der Waals surface area contributed by atoms with Crippen LogP contribution in [0.3, 0.4) is 0 Å². The topological polar surface area (TPSA) is 96.0 Å². The highest BCUT2D eigenvalue weighted by atomic mass is 32.2. The number of rotatable bonds is 9. The molecule has 0 aliphatic carbocycles. The fraction of sp³-hybridized carbons (Fsp3) is 0.286. The molecule has 1 aliphatic rings. The predicted octanol–water partition coefficient (Wildman–Crippen LogP) is 4.00. The molecule has 9 heteroatoms. The standard InChI is InChI=1S/C28H31N3O5S/c1-21-10-15-25(36-2)26(18-21)37(34,35)31(24-8-4-3-5-9-24)20-27(32)29-23-13-11-22(12-14-23)19-28(33)30-16-6-7-17-30/h3-5,8-15,18H,6-7,16-17,19-20H2,1-2H3,(H,29,32). The Morgan fingerprint density at radius 2 is 1.65 bits per heavy atom. The summed E-state index contributed by atoms with van der Waals surface area (Å²) in [5, 5.41) is 2.77. The van der Waals surface area contributed by atoms with Crippen molar-refractivity contribution in [1.82, 2.24) is 4.90 Å². The number of benzene rings is 3. The van der Waals surface area contributed by atoms with Crippen LogP contribution >= 0.6 is 0 Å². The second kappa shape index (κ2) is 11.5. The molecule has 0 saturated carbocycles. The van der Waals surface area contributed by atoms with Gasteiger partial charge < -0.3 is 15.0 Å². The zero-order valence-electron chi connectivity index (χ0n) is 21.0. The monoisotopic (exact) mass is 521 g/mol. The van der Waals surface area contributed by atoms with Crippen LogP contribution in [0, 0.1) is 6.92 Å². The molecule has 4 rings (SSSR count). The summed E-state index contributed by atoms with van der Waals surface area (Å²) in [4.78, 5) is 27.3. The van der Waals surface area contributed by atoms with Gasteiger partial charge in [0, 0.05) is 18.8 Å². The Hall–Kier alpha value is -3.85. The maximum atomic E-state index is 13.7. The molecule has 3 aromatic carbocycles. The molecule has 1 saturated heterocycles. The van der Waals surface area contributed by atoms with Crippen molar-refractivity contribution in [3.63, 3.8) is 0 Å². The Morgan fingerprint density at radius 3 is 2.30 bits per heavy atom. The predicted molar refractivity (Wildman–Crippen MR) is 143 cm³/mol. The molecular weight excluding hydrogens is 490 g/mol. The van der Waals surface area contributed by atoms with Gasteiger partial charge in [-0.25, -0.2) is 8.42 Å². The van der Waals surface area contributed by atoms with E-state index >= 15 is 0 Å². The number of anilines is 2. The van der Waals surface area contributed by atoms with Gasteiger partial charge in [0.25, 0.3) is 10.0 Å². The molecule has 0 unspecified atom stereocenters. The van der Waals surface area contributed by atoms with E-state index in [-0.39, 0.29) is 16.6 Å². The summed E-state index contributed by atoms with van der Waals surface area (Å²) in [6.07, 6.45) is 2.40. The molecule has 0 bridgehead atoms. The average Bonchev–Trinajstić information content (AvgIpc) is 3.44. The molecule has 0 atom stereocenters. The number of aryl methyl sites for hydroxylation is 1. The molecule has 37 heavy (non-hydrogen) atoms. The van der Waals surface area contributed by atoms with Crippen molar-refractivity contribution in [2.24, 2.45) is 0 Å². The molecule has 1 heterocycles. The second-order valence-corrected chi connectivity index (χ2v) is 10.8. The Balaban J connectivity index is 1.51. The summed E-state index contributed by atoms with van der Waals surface area (Å²) in [5.41, 5.74) is 2.48. The minimum Gasteiger partial charge on any atom is -0.495 e. The smallest absolute Gasteiger partial charge is 0.268 e. The summed E-state index contributed by atoms with van der Waals surface area (Å²) >= 11 is 0. The van der Waals surface area contributed by atoms with Gasteiger partial charge in [0.15, 0.2) is 0 Å². The van der Waals surface area contributed by atoms with Crippen LogP contribution in [0.25, 0.3) is 0 Å². The van der Waals surface area contributed by atoms with E-state index in [2.05, 4.69) is 5.32 Å². The first kappa shape index (κ1) is 26.2. The normalized spacial score (nSPS) is 13.3. The van der Waals surface area contributed by atoms with Crippen molar-refractivity contribution in [2.75, 3.05) is 36.4 Å². The fourth-order valence-corrected chi connectivity index (χ4v) is 5.97. The number of nitrogens with zero attached hydrogens (tertiary/aromatic N) is 2. The minimum atomic E-state index is -4.13. The van der Waals surface area contributed by atoms with Crippen molar-refractivity contribution in [2.45, 2.75) is 31.1 Å². The number of methoxy groups -OCH3 is 1. The molecule has 1 fully saturated rings. The third kappa shape index (κ3) is 6.29. The maximum absolute atomic E-state index is 13.7. The number of amides is 2. The van der Waals surface area contributed by atoms with Gasteiger partial charge in [-0.2, -0.15) is 0 Å². The van der Waals surface area contributed by atoms with E-state index in [1.54, 1.807) is 73.7 Å². The largest absolute Gasteiger partial charge is 0.495 e. The first-order chi connectivity index (χ1) is 17.8. The highest BCUT2D eigenvalue weighted by Gasteiger charge is 2.30. The lowest BCUT2D eigenvalue weighted by molar-refractivity contribution is -0.129. The lowest BCUT2D eigenvalue weighted by Gasteiger charge is -2.25. The van der Waals surface area contributed by atoms with E-state index in [9.17, 15) is 18.0 Å². The summed E-state index contributed by atoms with van der Waals surface area (Å²) in [7, 11) is -2.72. The number of hydrogen-bond acceptors (Lipinski definition) is 5. The summed E-state index contributed by atoms with van der Waals surface area (Å²) < 4.78 is 33.9. The molecule has 2 amide bonds. The number of ether oxygens (including phenoxy) is 1. The number of carbonyl (C=O) groups is 2. The van der Waals surface area contributed by atoms with Crippen LogP contribution in [0.4, 0.5) is 11.4 Å². The summed E-state index contributed by atoms with van der Waals surface area (Å²) in [6.45, 7) is 2.98. The minimum absolute atomic E-state index is 0.0151. The van der Waals surface area contributed by atoms with Gasteiger partial charge in [-0.15, -0.1) is 0 Å². The quantitative estimate of drug-likeness (QED) is 0.459. The lowest BCUT2D eigenvalue weighted by atomic mass is 10.1. The van der Waals surface area contributed by atoms with Gasteiger partial charge in [-0.1, -0.05) is 36.4 Å². The molecule has 3 aromatic rings. The third-order valence-electron chi connectivity index (χ3n) is 6.27. The van der Waals surface area contributed by atoms with E-state index in [1.165, 1.54) is 13.2 Å². The van der Waals surface area contributed by atoms with Crippen LogP contribution in [0.15, 0.2) is 77.7 Å². The Kier molecular flexibility index (Phi) is 8.13. The first-order valence-electron chi connectivity index (χ1n) is 12.2. The average molecular weight is 522 g/mol. The van der Waals surface area contributed by atoms with E-state index in [1.807, 2.05) is 4.90 Å². The molecular formula is C28H31N3O5S. The van der Waals surface area contributed by atoms with E-state index in [4.69, 9.17) is 4.74 Å². The SMILES string of the molecule is COc1ccc(C)cc1S(=O)(=O)N(CC(=O)Nc1ccc(CC(=O)N2CCCC2)cc1)c1ccccc1. The number of sulfonamides is 1. The Bertz CT molecular complexity index is 1350. The van der Waals surface area contributed by atoms with Gasteiger partial charge in [0.1, 0.15) is 17.2 Å². The molecule has 0 aromatic heterocycles. The highest BCUT2D eigenvalue weighted by molar-refractivity contribution is 7.93. The zero-order chi connectivity index (χ0) is 26.4. The van der Waals surface area contributed by atoms with E-state index in [0.717, 1.165) is 41.4 Å². The maximum Gasteiger partial charge on any atom is 0.268 e. The van der Waals surface area contributed by atoms with Crippen LogP contribution < -0.4 is 14.4 Å². The van der Waals surface area contributed by atoms with Gasteiger partial charge >= 0.3 is 0 Å². The van der Waals surface area contributed by atoms with Crippen LogP contribution in [0.5, 0.6) is 5.75 Å². The van der Waals surface area contributed by atoms with Crippen LogP contribution in [-0.4, -0.2) is 51.9 Å². The van der Waals surface area contributed by atoms with Gasteiger partial charge in [0.2, 0.25) is 11.8 Å². The molecule has 1 N–H and O–H groups in total. The molecule has 8 nitrogen and oxygen atoms in total. The third-order valence-corrected chi connectivity index (χ3v) is 8.07. The fourth-order valence-electron chi connectivity index (χ4n) is 4.30. The summed E-state index contributed by atoms with van der Waals surface area (Å²) in [6, 6.07) is 20.4. The Labute approximate surface area is 217 Å². The van der Waals surface area contributed by atoms with Gasteiger partial charge in [0.05, 0.1) is 19.2 Å². The van der Waals surface area contributed by atoms with Crippen molar-refractivity contribution in [1.29, 1.82) is 0 Å². The highest BCUT2D eigenvalue weighted by Crippen LogP contribution is 2.31. The van der Waals surface area contributed by atoms with Crippen LogP contribution in [0.1, 0.15) is 24.0 Å². The number of nitrogens with one attached hydrogen (secondary N) is 1. The lowest BCUT2D eigenvalue weighted by Crippen LogP contribution is -2.38. The van der Waals surface area contributed by atoms with Crippen molar-refractivity contribution < 1.29 is 22.7 Å². The van der Waals surface area contributed by atoms with Crippen LogP contribution in [-0.2, 0) is 26.0 Å². The molecule has 0 spiro atoms. The van der Waals surface area contributed by atoms with Crippen molar-refractivity contribution in [3.8, 4) is 5.75 Å². The number of carbonyl (C=O) groups excluding carboxylic acids is 2. The van der Waals surface area contributed by atoms with Gasteiger partial charge in [-0.3, -0.25) is 13.9 Å². The number of hydrogen-bond donors (Lipinski definition) is 1. The second-order valence-electron chi connectivity index (χ2n) is 9.01. The molecule has 194 valence electrons. The van der Waals surface area contributed by atoms with E-state index in [0.29, 0.717) is 17.8 Å². The van der Waals surface area contributed by atoms with Crippen molar-refractivity contribution >= 4 is 33.2 Å². The first-order valence-corrected chi connectivity index (χ1v) is 13.6. The number of likely N-dealkylation sites (tertiary alicyclic amines) is 1.